The summed E-state index contributed by atoms with van der Waals surface area (Å²) in [6.07, 6.45) is -1.06. The van der Waals surface area contributed by atoms with Crippen molar-refractivity contribution < 1.29 is 19.5 Å². The van der Waals surface area contributed by atoms with E-state index >= 15 is 0 Å². The van der Waals surface area contributed by atoms with Gasteiger partial charge in [-0.3, -0.25) is 14.5 Å². The van der Waals surface area contributed by atoms with E-state index in [1.165, 1.54) is 11.8 Å². The lowest BCUT2D eigenvalue weighted by Gasteiger charge is -2.39. The fraction of sp³-hybridized carbons (Fsp3) is 0.160. The van der Waals surface area contributed by atoms with E-state index < -0.39 is 6.09 Å². The molecule has 0 saturated heterocycles. The summed E-state index contributed by atoms with van der Waals surface area (Å²) in [6.45, 7) is 3.50. The second kappa shape index (κ2) is 8.55. The van der Waals surface area contributed by atoms with Gasteiger partial charge in [-0.25, -0.2) is 4.79 Å². The van der Waals surface area contributed by atoms with E-state index in [2.05, 4.69) is 5.32 Å². The van der Waals surface area contributed by atoms with Gasteiger partial charge in [0.05, 0.1) is 17.4 Å². The van der Waals surface area contributed by atoms with E-state index in [1.807, 2.05) is 55.5 Å². The first kappa shape index (κ1) is 21.1. The highest BCUT2D eigenvalue weighted by Gasteiger charge is 2.33. The van der Waals surface area contributed by atoms with Gasteiger partial charge in [0, 0.05) is 24.7 Å². The Balaban J connectivity index is 1.63. The van der Waals surface area contributed by atoms with Crippen LogP contribution < -0.4 is 15.1 Å². The number of para-hydroxylation sites is 1. The molecule has 7 heteroatoms. The van der Waals surface area contributed by atoms with Crippen LogP contribution in [0, 0.1) is 0 Å². The number of hydrogen-bond acceptors (Lipinski definition) is 3. The van der Waals surface area contributed by atoms with Crippen LogP contribution in [0.15, 0.2) is 72.8 Å². The minimum absolute atomic E-state index is 0.134. The van der Waals surface area contributed by atoms with E-state index in [1.54, 1.807) is 29.2 Å². The van der Waals surface area contributed by atoms with Gasteiger partial charge in [0.1, 0.15) is 0 Å². The van der Waals surface area contributed by atoms with E-state index in [0.717, 1.165) is 11.1 Å². The lowest BCUT2D eigenvalue weighted by Crippen LogP contribution is -2.51. The van der Waals surface area contributed by atoms with Gasteiger partial charge in [-0.1, -0.05) is 36.4 Å². The fourth-order valence-electron chi connectivity index (χ4n) is 4.00. The van der Waals surface area contributed by atoms with Gasteiger partial charge in [0.15, 0.2) is 0 Å². The zero-order valence-electron chi connectivity index (χ0n) is 17.8. The van der Waals surface area contributed by atoms with Crippen LogP contribution in [-0.4, -0.2) is 35.6 Å². The highest BCUT2D eigenvalue weighted by Crippen LogP contribution is 2.39. The number of carboxylic acid groups (broad SMARTS) is 1. The number of hydrogen-bond donors (Lipinski definition) is 2. The molecule has 3 aromatic carbocycles. The molecule has 32 heavy (non-hydrogen) atoms. The van der Waals surface area contributed by atoms with Crippen LogP contribution in [0.3, 0.4) is 0 Å². The third-order valence-corrected chi connectivity index (χ3v) is 5.50. The summed E-state index contributed by atoms with van der Waals surface area (Å²) >= 11 is 0. The van der Waals surface area contributed by atoms with Crippen molar-refractivity contribution >= 4 is 35.0 Å². The lowest BCUT2D eigenvalue weighted by atomic mass is 9.99. The SMILES string of the molecule is CC(=O)N1c2ccc(-c3ccc(C(=O)Nc4ccccc4)cc3)cc2N(C(=O)O)C[C@@H]1C. The Labute approximate surface area is 185 Å². The van der Waals surface area contributed by atoms with E-state index in [4.69, 9.17) is 0 Å². The number of carbonyl (C=O) groups excluding carboxylic acids is 2. The topological polar surface area (TPSA) is 90.0 Å². The minimum atomic E-state index is -1.06. The summed E-state index contributed by atoms with van der Waals surface area (Å²) in [5.74, 6) is -0.346. The number of carbonyl (C=O) groups is 3. The van der Waals surface area contributed by atoms with Crippen molar-refractivity contribution in [2.75, 3.05) is 21.7 Å². The molecule has 162 valence electrons. The number of rotatable bonds is 3. The molecule has 0 saturated carbocycles. The first-order valence-electron chi connectivity index (χ1n) is 10.3. The molecule has 3 amide bonds. The molecule has 0 fully saturated rings. The maximum absolute atomic E-state index is 12.5. The van der Waals surface area contributed by atoms with Gasteiger partial charge >= 0.3 is 6.09 Å². The van der Waals surface area contributed by atoms with Crippen LogP contribution in [0.2, 0.25) is 0 Å². The summed E-state index contributed by atoms with van der Waals surface area (Å²) in [6, 6.07) is 21.4. The number of nitrogens with zero attached hydrogens (tertiary/aromatic N) is 2. The first-order valence-corrected chi connectivity index (χ1v) is 10.3. The largest absolute Gasteiger partial charge is 0.465 e. The number of nitrogens with one attached hydrogen (secondary N) is 1. The van der Waals surface area contributed by atoms with Crippen LogP contribution in [0.5, 0.6) is 0 Å². The molecule has 1 aliphatic heterocycles. The van der Waals surface area contributed by atoms with Gasteiger partial charge in [0.25, 0.3) is 5.91 Å². The summed E-state index contributed by atoms with van der Waals surface area (Å²) < 4.78 is 0. The monoisotopic (exact) mass is 429 g/mol. The molecule has 2 N–H and O–H groups in total. The molecule has 0 aliphatic carbocycles. The lowest BCUT2D eigenvalue weighted by molar-refractivity contribution is -0.117. The quantitative estimate of drug-likeness (QED) is 0.623. The van der Waals surface area contributed by atoms with Crippen molar-refractivity contribution in [2.24, 2.45) is 0 Å². The fourth-order valence-corrected chi connectivity index (χ4v) is 4.00. The molecule has 3 aromatic rings. The molecule has 1 heterocycles. The van der Waals surface area contributed by atoms with Crippen LogP contribution >= 0.6 is 0 Å². The predicted molar refractivity (Wildman–Crippen MR) is 124 cm³/mol. The smallest absolute Gasteiger partial charge is 0.411 e. The van der Waals surface area contributed by atoms with Crippen molar-refractivity contribution in [1.82, 2.24) is 0 Å². The molecule has 0 aromatic heterocycles. The van der Waals surface area contributed by atoms with Crippen LogP contribution in [0.25, 0.3) is 11.1 Å². The Morgan fingerprint density at radius 3 is 2.19 bits per heavy atom. The van der Waals surface area contributed by atoms with Crippen molar-refractivity contribution in [3.05, 3.63) is 78.4 Å². The second-order valence-corrected chi connectivity index (χ2v) is 7.73. The van der Waals surface area contributed by atoms with Crippen molar-refractivity contribution in [1.29, 1.82) is 0 Å². The van der Waals surface area contributed by atoms with Gasteiger partial charge in [-0.2, -0.15) is 0 Å². The summed E-state index contributed by atoms with van der Waals surface area (Å²) in [7, 11) is 0. The third kappa shape index (κ3) is 4.05. The molecule has 0 spiro atoms. The van der Waals surface area contributed by atoms with E-state index in [0.29, 0.717) is 22.6 Å². The Morgan fingerprint density at radius 1 is 0.906 bits per heavy atom. The maximum Gasteiger partial charge on any atom is 0.411 e. The molecular weight excluding hydrogens is 406 g/mol. The van der Waals surface area contributed by atoms with Crippen LogP contribution in [0.4, 0.5) is 21.9 Å². The van der Waals surface area contributed by atoms with Crippen molar-refractivity contribution in [3.63, 3.8) is 0 Å². The number of amides is 3. The summed E-state index contributed by atoms with van der Waals surface area (Å²) in [5.41, 5.74) is 3.90. The van der Waals surface area contributed by atoms with E-state index in [9.17, 15) is 19.5 Å². The molecule has 0 radical (unpaired) electrons. The second-order valence-electron chi connectivity index (χ2n) is 7.73. The van der Waals surface area contributed by atoms with Gasteiger partial charge in [0.2, 0.25) is 5.91 Å². The third-order valence-electron chi connectivity index (χ3n) is 5.50. The molecule has 1 aliphatic rings. The Hall–Kier alpha value is -4.13. The summed E-state index contributed by atoms with van der Waals surface area (Å²) in [4.78, 5) is 39.4. The van der Waals surface area contributed by atoms with Crippen LogP contribution in [0.1, 0.15) is 24.2 Å². The average Bonchev–Trinajstić information content (AvgIpc) is 2.78. The Bertz CT molecular complexity index is 1180. The van der Waals surface area contributed by atoms with Gasteiger partial charge < -0.3 is 15.3 Å². The zero-order valence-corrected chi connectivity index (χ0v) is 17.8. The first-order chi connectivity index (χ1) is 15.3. The molecule has 0 bridgehead atoms. The minimum Gasteiger partial charge on any atom is -0.465 e. The molecule has 4 rings (SSSR count). The average molecular weight is 429 g/mol. The number of fused-ring (bicyclic) bond motifs is 1. The molecule has 1 atom stereocenters. The highest BCUT2D eigenvalue weighted by molar-refractivity contribution is 6.05. The molecule has 7 nitrogen and oxygen atoms in total. The van der Waals surface area contributed by atoms with Gasteiger partial charge in [-0.15, -0.1) is 0 Å². The zero-order chi connectivity index (χ0) is 22.8. The van der Waals surface area contributed by atoms with E-state index in [-0.39, 0.29) is 24.4 Å². The van der Waals surface area contributed by atoms with Gasteiger partial charge in [-0.05, 0) is 54.4 Å². The normalized spacial score (nSPS) is 15.1. The van der Waals surface area contributed by atoms with Crippen molar-refractivity contribution in [2.45, 2.75) is 19.9 Å². The number of benzene rings is 3. The Morgan fingerprint density at radius 2 is 1.56 bits per heavy atom. The maximum atomic E-state index is 12.5. The van der Waals surface area contributed by atoms with Crippen LogP contribution in [-0.2, 0) is 4.79 Å². The standard InChI is InChI=1S/C25H23N3O4/c1-16-15-27(25(31)32)23-14-20(12-13-22(23)28(16)17(2)29)18-8-10-19(11-9-18)24(30)26-21-6-4-3-5-7-21/h3-14,16H,15H2,1-2H3,(H,26,30)(H,31,32)/t16-/m0/s1. The van der Waals surface area contributed by atoms with Crippen molar-refractivity contribution in [3.8, 4) is 11.1 Å². The molecule has 0 unspecified atom stereocenters. The highest BCUT2D eigenvalue weighted by atomic mass is 16.4. The predicted octanol–water partition coefficient (Wildman–Crippen LogP) is 4.85. The molecular formula is C25H23N3O4. The Kier molecular flexibility index (Phi) is 5.64. The summed E-state index contributed by atoms with van der Waals surface area (Å²) in [5, 5.41) is 12.5. The number of anilines is 3.